The average Bonchev–Trinajstić information content (AvgIpc) is 3.50. The van der Waals surface area contributed by atoms with E-state index in [-0.39, 0.29) is 24.4 Å². The number of nitrogens with zero attached hydrogens (tertiary/aromatic N) is 2. The summed E-state index contributed by atoms with van der Waals surface area (Å²) in [5, 5.41) is 20.0. The van der Waals surface area contributed by atoms with E-state index in [1.165, 1.54) is 22.7 Å². The molecular weight excluding hydrogens is 500 g/mol. The molecule has 4 rings (SSSR count). The fourth-order valence-electron chi connectivity index (χ4n) is 3.18. The molecule has 12 heteroatoms. The summed E-state index contributed by atoms with van der Waals surface area (Å²) in [5.41, 5.74) is 8.72. The van der Waals surface area contributed by atoms with Crippen molar-refractivity contribution < 1.29 is 19.4 Å². The minimum Gasteiger partial charge on any atom is -0.497 e. The second kappa shape index (κ2) is 11.2. The van der Waals surface area contributed by atoms with Crippen molar-refractivity contribution in [3.63, 3.8) is 0 Å². The molecule has 0 saturated heterocycles. The maximum Gasteiger partial charge on any atom is 0.321 e. The molecule has 0 bridgehead atoms. The minimum absolute atomic E-state index is 0.174. The first-order valence-corrected chi connectivity index (χ1v) is 12.5. The van der Waals surface area contributed by atoms with Gasteiger partial charge in [0.15, 0.2) is 5.13 Å². The van der Waals surface area contributed by atoms with Gasteiger partial charge in [-0.25, -0.2) is 14.8 Å². The first-order valence-electron chi connectivity index (χ1n) is 10.8. The Bertz CT molecular complexity index is 1390. The van der Waals surface area contributed by atoms with Crippen molar-refractivity contribution in [3.05, 3.63) is 59.5 Å². The maximum absolute atomic E-state index is 12.7. The molecule has 2 aromatic heterocycles. The molecule has 2 aromatic carbocycles. The summed E-state index contributed by atoms with van der Waals surface area (Å²) in [5.74, 6) is 0.609. The van der Waals surface area contributed by atoms with Gasteiger partial charge in [0, 0.05) is 22.2 Å². The molecule has 1 atom stereocenters. The molecule has 4 aromatic rings. The van der Waals surface area contributed by atoms with Crippen LogP contribution >= 0.6 is 22.7 Å². The van der Waals surface area contributed by atoms with E-state index in [2.05, 4.69) is 25.9 Å². The highest BCUT2D eigenvalue weighted by molar-refractivity contribution is 7.23. The highest BCUT2D eigenvalue weighted by Gasteiger charge is 2.17. The van der Waals surface area contributed by atoms with Crippen LogP contribution in [0.15, 0.2) is 53.9 Å². The van der Waals surface area contributed by atoms with E-state index in [9.17, 15) is 9.59 Å². The van der Waals surface area contributed by atoms with Crippen LogP contribution in [-0.2, 0) is 0 Å². The molecule has 6 N–H and O–H groups in total. The van der Waals surface area contributed by atoms with Crippen molar-refractivity contribution in [1.82, 2.24) is 15.3 Å². The largest absolute Gasteiger partial charge is 0.497 e. The van der Waals surface area contributed by atoms with Crippen LogP contribution in [0.4, 0.5) is 21.4 Å². The van der Waals surface area contributed by atoms with Crippen LogP contribution in [0.25, 0.3) is 21.1 Å². The number of nitrogen functional groups attached to an aromatic ring is 1. The fraction of sp³-hybridized carbons (Fsp3) is 0.167. The molecule has 0 radical (unpaired) electrons. The van der Waals surface area contributed by atoms with Crippen molar-refractivity contribution in [2.24, 2.45) is 0 Å². The van der Waals surface area contributed by atoms with Gasteiger partial charge in [0.05, 0.1) is 25.5 Å². The third-order valence-electron chi connectivity index (χ3n) is 4.97. The lowest BCUT2D eigenvalue weighted by Crippen LogP contribution is -2.38. The van der Waals surface area contributed by atoms with Gasteiger partial charge in [-0.05, 0) is 37.3 Å². The molecule has 36 heavy (non-hydrogen) atoms. The van der Waals surface area contributed by atoms with Crippen molar-refractivity contribution >= 4 is 51.2 Å². The van der Waals surface area contributed by atoms with E-state index < -0.39 is 6.03 Å². The molecule has 0 spiro atoms. The lowest BCUT2D eigenvalue weighted by molar-refractivity contribution is 0.102. The van der Waals surface area contributed by atoms with Gasteiger partial charge >= 0.3 is 6.03 Å². The number of ether oxygens (including phenoxy) is 1. The predicted molar refractivity (Wildman–Crippen MR) is 143 cm³/mol. The van der Waals surface area contributed by atoms with Gasteiger partial charge in [0.2, 0.25) is 0 Å². The summed E-state index contributed by atoms with van der Waals surface area (Å²) < 4.78 is 5.19. The van der Waals surface area contributed by atoms with Crippen LogP contribution in [0.5, 0.6) is 5.75 Å². The third-order valence-corrected chi connectivity index (χ3v) is 6.95. The zero-order valence-corrected chi connectivity index (χ0v) is 21.1. The Balaban J connectivity index is 1.48. The monoisotopic (exact) mass is 524 g/mol. The summed E-state index contributed by atoms with van der Waals surface area (Å²) in [6, 6.07) is 13.4. The second-order valence-corrected chi connectivity index (χ2v) is 9.58. The van der Waals surface area contributed by atoms with Gasteiger partial charge in [-0.2, -0.15) is 0 Å². The molecule has 10 nitrogen and oxygen atoms in total. The Hall–Kier alpha value is -4.00. The highest BCUT2D eigenvalue weighted by Crippen LogP contribution is 2.38. The van der Waals surface area contributed by atoms with E-state index in [1.54, 1.807) is 44.4 Å². The van der Waals surface area contributed by atoms with Crippen molar-refractivity contribution in [2.45, 2.75) is 13.0 Å². The molecule has 0 aliphatic heterocycles. The van der Waals surface area contributed by atoms with Crippen molar-refractivity contribution in [1.29, 1.82) is 0 Å². The topological polar surface area (TPSA) is 151 Å². The zero-order chi connectivity index (χ0) is 25.7. The number of hydrogen-bond donors (Lipinski definition) is 5. The highest BCUT2D eigenvalue weighted by atomic mass is 32.1. The van der Waals surface area contributed by atoms with Crippen LogP contribution in [0.2, 0.25) is 0 Å². The first kappa shape index (κ1) is 25.1. The Morgan fingerprint density at radius 3 is 2.72 bits per heavy atom. The summed E-state index contributed by atoms with van der Waals surface area (Å²) in [6.07, 6.45) is 0. The number of nitrogens with two attached hydrogens (primary N) is 1. The Kier molecular flexibility index (Phi) is 7.78. The number of rotatable bonds is 8. The number of aliphatic hydroxyl groups excluding tert-OH is 1. The number of aromatic nitrogens is 2. The molecule has 2 heterocycles. The molecule has 0 saturated carbocycles. The van der Waals surface area contributed by atoms with E-state index in [0.717, 1.165) is 5.56 Å². The first-order chi connectivity index (χ1) is 17.4. The number of carbonyl (C=O) groups excluding carboxylic acids is 2. The van der Waals surface area contributed by atoms with Crippen LogP contribution in [-0.4, -0.2) is 46.8 Å². The second-order valence-electron chi connectivity index (χ2n) is 7.72. The van der Waals surface area contributed by atoms with Gasteiger partial charge in [0.1, 0.15) is 21.5 Å². The number of carbonyl (C=O) groups is 2. The number of benzene rings is 2. The number of amides is 3. The standard InChI is InChI=1S/C24H24N6O4S2/c1-13(11-31)26-23(33)30-24-29-20(25)19(36-24)22-28-18(12-35-22)14-5-3-7-16(9-14)27-21(32)15-6-4-8-17(10-15)34-2/h3-10,12-13,31H,11,25H2,1-2H3,(H,27,32)(H2,26,29,30,33). The van der Waals surface area contributed by atoms with Gasteiger partial charge in [-0.1, -0.05) is 29.5 Å². The quantitative estimate of drug-likeness (QED) is 0.231. The molecule has 186 valence electrons. The van der Waals surface area contributed by atoms with Crippen LogP contribution in [0, 0.1) is 0 Å². The fourth-order valence-corrected chi connectivity index (χ4v) is 4.98. The maximum atomic E-state index is 12.7. The Morgan fingerprint density at radius 1 is 1.14 bits per heavy atom. The smallest absolute Gasteiger partial charge is 0.321 e. The lowest BCUT2D eigenvalue weighted by atomic mass is 10.1. The molecule has 0 fully saturated rings. The van der Waals surface area contributed by atoms with Gasteiger partial charge in [-0.15, -0.1) is 11.3 Å². The number of anilines is 3. The zero-order valence-electron chi connectivity index (χ0n) is 19.4. The Labute approximate surface area is 215 Å². The normalized spacial score (nSPS) is 11.5. The SMILES string of the molecule is COc1cccc(C(=O)Nc2cccc(-c3csc(-c4sc(NC(=O)NC(C)CO)nc4N)n3)c2)c1. The molecule has 0 aliphatic carbocycles. The minimum atomic E-state index is -0.482. The van der Waals surface area contributed by atoms with Crippen LogP contribution in [0.3, 0.4) is 0 Å². The molecule has 0 aliphatic rings. The van der Waals surface area contributed by atoms with E-state index in [4.69, 9.17) is 15.6 Å². The van der Waals surface area contributed by atoms with E-state index in [0.29, 0.717) is 37.7 Å². The van der Waals surface area contributed by atoms with Gasteiger partial charge < -0.3 is 26.2 Å². The number of hydrogen-bond acceptors (Lipinski definition) is 9. The Morgan fingerprint density at radius 2 is 1.94 bits per heavy atom. The van der Waals surface area contributed by atoms with Crippen LogP contribution < -0.4 is 26.4 Å². The van der Waals surface area contributed by atoms with Crippen molar-refractivity contribution in [3.8, 4) is 26.9 Å². The molecule has 3 amide bonds. The summed E-state index contributed by atoms with van der Waals surface area (Å²) in [7, 11) is 1.55. The number of methoxy groups -OCH3 is 1. The van der Waals surface area contributed by atoms with E-state index in [1.807, 2.05) is 23.6 Å². The van der Waals surface area contributed by atoms with Crippen LogP contribution in [0.1, 0.15) is 17.3 Å². The lowest BCUT2D eigenvalue weighted by Gasteiger charge is -2.10. The van der Waals surface area contributed by atoms with E-state index >= 15 is 0 Å². The summed E-state index contributed by atoms with van der Waals surface area (Å²) in [4.78, 5) is 34.2. The number of urea groups is 1. The van der Waals surface area contributed by atoms with Crippen molar-refractivity contribution in [2.75, 3.05) is 30.1 Å². The summed E-state index contributed by atoms with van der Waals surface area (Å²) in [6.45, 7) is 1.50. The third kappa shape index (κ3) is 5.97. The number of nitrogens with one attached hydrogen (secondary N) is 3. The predicted octanol–water partition coefficient (Wildman–Crippen LogP) is 4.28. The average molecular weight is 525 g/mol. The summed E-state index contributed by atoms with van der Waals surface area (Å²) >= 11 is 2.60. The van der Waals surface area contributed by atoms with Gasteiger partial charge in [-0.3, -0.25) is 10.1 Å². The number of thiazole rings is 2. The molecular formula is C24H24N6O4S2. The number of aliphatic hydroxyl groups is 1. The molecule has 1 unspecified atom stereocenters. The van der Waals surface area contributed by atoms with Gasteiger partial charge in [0.25, 0.3) is 5.91 Å².